The third-order valence-electron chi connectivity index (χ3n) is 6.23. The zero-order chi connectivity index (χ0) is 29.9. The number of hydrogen-bond donors (Lipinski definition) is 2. The van der Waals surface area contributed by atoms with Gasteiger partial charge in [-0.05, 0) is 32.3 Å². The van der Waals surface area contributed by atoms with Gasteiger partial charge in [0.15, 0.2) is 5.82 Å². The topological polar surface area (TPSA) is 110 Å². The van der Waals surface area contributed by atoms with Crippen LogP contribution in [0.25, 0.3) is 16.9 Å². The number of aromatic nitrogens is 4. The van der Waals surface area contributed by atoms with Crippen LogP contribution in [0.2, 0.25) is 0 Å². The number of alkyl halides is 3. The van der Waals surface area contributed by atoms with Crippen LogP contribution in [0, 0.1) is 0 Å². The Labute approximate surface area is 234 Å². The predicted octanol–water partition coefficient (Wildman–Crippen LogP) is 4.55. The van der Waals surface area contributed by atoms with Crippen LogP contribution in [0.5, 0.6) is 11.5 Å². The summed E-state index contributed by atoms with van der Waals surface area (Å²) in [5.74, 6) is 0.0608. The lowest BCUT2D eigenvalue weighted by Crippen LogP contribution is -2.29. The second kappa shape index (κ2) is 11.9. The highest BCUT2D eigenvalue weighted by Gasteiger charge is 2.36. The van der Waals surface area contributed by atoms with Gasteiger partial charge in [-0.2, -0.15) is 18.2 Å². The van der Waals surface area contributed by atoms with Gasteiger partial charge >= 0.3 is 6.18 Å². The van der Waals surface area contributed by atoms with Crippen molar-refractivity contribution in [3.8, 4) is 17.3 Å². The van der Waals surface area contributed by atoms with Crippen molar-refractivity contribution in [3.63, 3.8) is 0 Å². The molecule has 0 unspecified atom stereocenters. The van der Waals surface area contributed by atoms with Crippen LogP contribution < -0.4 is 25.0 Å². The molecule has 0 fully saturated rings. The van der Waals surface area contributed by atoms with Gasteiger partial charge in [-0.1, -0.05) is 0 Å². The summed E-state index contributed by atoms with van der Waals surface area (Å²) >= 11 is 0. The van der Waals surface area contributed by atoms with E-state index in [9.17, 15) is 18.0 Å². The largest absolute Gasteiger partial charge is 0.497 e. The van der Waals surface area contributed by atoms with Crippen LogP contribution in [-0.4, -0.2) is 78.8 Å². The molecule has 2 aromatic heterocycles. The van der Waals surface area contributed by atoms with Gasteiger partial charge in [-0.3, -0.25) is 9.36 Å². The molecule has 218 valence electrons. The van der Waals surface area contributed by atoms with Gasteiger partial charge in [0.25, 0.3) is 0 Å². The predicted molar refractivity (Wildman–Crippen MR) is 151 cm³/mol. The van der Waals surface area contributed by atoms with E-state index in [2.05, 4.69) is 25.6 Å². The maximum absolute atomic E-state index is 14.0. The van der Waals surface area contributed by atoms with Gasteiger partial charge in [-0.15, -0.1) is 0 Å². The maximum atomic E-state index is 14.0. The Balaban J connectivity index is 1.79. The smallest absolute Gasteiger partial charge is 0.421 e. The number of halogens is 3. The molecule has 0 bridgehead atoms. The monoisotopic (exact) mass is 572 g/mol. The number of imidazole rings is 1. The molecule has 0 atom stereocenters. The Hall–Kier alpha value is -4.59. The van der Waals surface area contributed by atoms with Gasteiger partial charge in [0.2, 0.25) is 11.9 Å². The van der Waals surface area contributed by atoms with E-state index in [0.29, 0.717) is 52.3 Å². The molecule has 14 heteroatoms. The third kappa shape index (κ3) is 6.60. The van der Waals surface area contributed by atoms with Gasteiger partial charge in [0.1, 0.15) is 23.4 Å². The fourth-order valence-corrected chi connectivity index (χ4v) is 4.14. The summed E-state index contributed by atoms with van der Waals surface area (Å²) < 4.78 is 54.1. The molecule has 4 aromatic rings. The van der Waals surface area contributed by atoms with E-state index in [1.54, 1.807) is 30.3 Å². The summed E-state index contributed by atoms with van der Waals surface area (Å²) in [6.45, 7) is 2.80. The van der Waals surface area contributed by atoms with Gasteiger partial charge in [0.05, 0.1) is 42.3 Å². The first-order valence-electron chi connectivity index (χ1n) is 12.5. The normalized spacial score (nSPS) is 11.6. The number of carbonyl (C=O) groups excluding carboxylic acids is 1. The van der Waals surface area contributed by atoms with Crippen LogP contribution in [0.3, 0.4) is 0 Å². The number of hydrogen-bond acceptors (Lipinski definition) is 9. The Bertz CT molecular complexity index is 1560. The quantitative estimate of drug-likeness (QED) is 0.283. The average molecular weight is 573 g/mol. The number of fused-ring (bicyclic) bond motifs is 1. The van der Waals surface area contributed by atoms with Crippen molar-refractivity contribution in [1.82, 2.24) is 24.4 Å². The molecule has 0 saturated carbocycles. The first-order valence-corrected chi connectivity index (χ1v) is 12.5. The second-order valence-corrected chi connectivity index (χ2v) is 9.50. The fraction of sp³-hybridized carbons (Fsp3) is 0.333. The molecule has 11 nitrogen and oxygen atoms in total. The Kier molecular flexibility index (Phi) is 8.52. The number of amides is 1. The SMILES string of the molecule is COc1ccc2c(c1)ncn2-c1nc(Nc2cc(NC(C)=O)c(N(C)CCN(C)C)cc2OC)ncc1C(F)(F)F. The first-order chi connectivity index (χ1) is 19.4. The molecule has 0 spiro atoms. The number of likely N-dealkylation sites (N-methyl/N-ethyl adjacent to an activating group) is 2. The van der Waals surface area contributed by atoms with Crippen LogP contribution >= 0.6 is 0 Å². The van der Waals surface area contributed by atoms with Crippen LogP contribution in [0.4, 0.5) is 36.2 Å². The van der Waals surface area contributed by atoms with Crippen molar-refractivity contribution in [1.29, 1.82) is 0 Å². The van der Waals surface area contributed by atoms with Crippen LogP contribution in [0.15, 0.2) is 42.9 Å². The van der Waals surface area contributed by atoms with E-state index < -0.39 is 17.6 Å². The lowest BCUT2D eigenvalue weighted by molar-refractivity contribution is -0.137. The number of rotatable bonds is 10. The van der Waals surface area contributed by atoms with E-state index in [1.165, 1.54) is 32.0 Å². The molecule has 2 heterocycles. The molecule has 0 aliphatic carbocycles. The van der Waals surface area contributed by atoms with E-state index >= 15 is 0 Å². The van der Waals surface area contributed by atoms with Crippen molar-refractivity contribution in [2.75, 3.05) is 64.0 Å². The summed E-state index contributed by atoms with van der Waals surface area (Å²) in [6.07, 6.45) is -2.75. The number of ether oxygens (including phenoxy) is 2. The summed E-state index contributed by atoms with van der Waals surface area (Å²) in [7, 11) is 8.75. The third-order valence-corrected chi connectivity index (χ3v) is 6.23. The van der Waals surface area contributed by atoms with Gasteiger partial charge in [-0.25, -0.2) is 9.97 Å². The molecular formula is C27H31F3N8O3. The molecule has 0 aliphatic rings. The maximum Gasteiger partial charge on any atom is 0.421 e. The number of nitrogens with zero attached hydrogens (tertiary/aromatic N) is 6. The van der Waals surface area contributed by atoms with Crippen molar-refractivity contribution in [3.05, 3.63) is 48.4 Å². The number of anilines is 4. The molecule has 0 aliphatic heterocycles. The van der Waals surface area contributed by atoms with Crippen molar-refractivity contribution in [2.24, 2.45) is 0 Å². The van der Waals surface area contributed by atoms with E-state index in [4.69, 9.17) is 9.47 Å². The number of methoxy groups -OCH3 is 2. The Morgan fingerprint density at radius 3 is 2.41 bits per heavy atom. The standard InChI is InChI=1S/C27H31F3N8O3/c1-16(39)33-20-12-21(24(41-6)13-23(20)37(4)10-9-36(2)3)34-26-31-14-18(27(28,29)30)25(35-26)38-15-32-19-11-17(40-5)7-8-22(19)38/h7-8,11-15H,9-10H2,1-6H3,(H,33,39)(H,31,34,35). The lowest BCUT2D eigenvalue weighted by atomic mass is 10.2. The molecule has 41 heavy (non-hydrogen) atoms. The minimum atomic E-state index is -4.73. The highest BCUT2D eigenvalue weighted by molar-refractivity contribution is 5.95. The second-order valence-electron chi connectivity index (χ2n) is 9.50. The van der Waals surface area contributed by atoms with Crippen molar-refractivity contribution >= 4 is 40.0 Å². The average Bonchev–Trinajstić information content (AvgIpc) is 3.34. The zero-order valence-corrected chi connectivity index (χ0v) is 23.5. The zero-order valence-electron chi connectivity index (χ0n) is 23.5. The Morgan fingerprint density at radius 2 is 1.78 bits per heavy atom. The molecule has 0 saturated heterocycles. The lowest BCUT2D eigenvalue weighted by Gasteiger charge is -2.26. The van der Waals surface area contributed by atoms with E-state index in [-0.39, 0.29) is 11.9 Å². The molecule has 2 N–H and O–H groups in total. The molecule has 1 amide bonds. The minimum Gasteiger partial charge on any atom is -0.497 e. The first kappa shape index (κ1) is 29.4. The molecular weight excluding hydrogens is 541 g/mol. The molecule has 2 aromatic carbocycles. The van der Waals surface area contributed by atoms with E-state index in [0.717, 1.165) is 6.54 Å². The molecule has 4 rings (SSSR count). The molecule has 0 radical (unpaired) electrons. The number of carbonyl (C=O) groups is 1. The van der Waals surface area contributed by atoms with Gasteiger partial charge in [0, 0.05) is 45.4 Å². The minimum absolute atomic E-state index is 0.121. The van der Waals surface area contributed by atoms with Crippen LogP contribution in [-0.2, 0) is 11.0 Å². The fourth-order valence-electron chi connectivity index (χ4n) is 4.14. The summed E-state index contributed by atoms with van der Waals surface area (Å²) in [4.78, 5) is 28.4. The van der Waals surface area contributed by atoms with Gasteiger partial charge < -0.3 is 29.9 Å². The number of nitrogens with one attached hydrogen (secondary N) is 2. The summed E-state index contributed by atoms with van der Waals surface area (Å²) in [6, 6.07) is 8.20. The van der Waals surface area contributed by atoms with Crippen molar-refractivity contribution in [2.45, 2.75) is 13.1 Å². The van der Waals surface area contributed by atoms with Crippen LogP contribution in [0.1, 0.15) is 12.5 Å². The van der Waals surface area contributed by atoms with E-state index in [1.807, 2.05) is 30.9 Å². The highest BCUT2D eigenvalue weighted by Crippen LogP contribution is 2.39. The summed E-state index contributed by atoms with van der Waals surface area (Å²) in [5, 5.41) is 5.76. The summed E-state index contributed by atoms with van der Waals surface area (Å²) in [5.41, 5.74) is 1.30. The Morgan fingerprint density at radius 1 is 1.02 bits per heavy atom. The number of benzene rings is 2. The van der Waals surface area contributed by atoms with Crippen molar-refractivity contribution < 1.29 is 27.4 Å². The highest BCUT2D eigenvalue weighted by atomic mass is 19.4.